The molecular weight excluding hydrogens is 252 g/mol. The van der Waals surface area contributed by atoms with Crippen LogP contribution in [-0.4, -0.2) is 41.3 Å². The highest BCUT2D eigenvalue weighted by Gasteiger charge is 2.12. The summed E-state index contributed by atoms with van der Waals surface area (Å²) in [5.41, 5.74) is 0.924. The van der Waals surface area contributed by atoms with Crippen LogP contribution < -0.4 is 10.2 Å². The lowest BCUT2D eigenvalue weighted by atomic mass is 10.2. The molecule has 1 aromatic heterocycles. The van der Waals surface area contributed by atoms with Crippen molar-refractivity contribution in [1.29, 1.82) is 0 Å². The van der Waals surface area contributed by atoms with E-state index in [1.54, 1.807) is 0 Å². The van der Waals surface area contributed by atoms with E-state index < -0.39 is 0 Å². The minimum Gasteiger partial charge on any atom is -0.395 e. The van der Waals surface area contributed by atoms with Gasteiger partial charge in [-0.1, -0.05) is 19.1 Å². The molecule has 0 radical (unpaired) electrons. The molecule has 0 atom stereocenters. The topological polar surface area (TPSA) is 61.3 Å². The fraction of sp³-hybridized carbons (Fsp3) is 0.467. The zero-order chi connectivity index (χ0) is 14.4. The van der Waals surface area contributed by atoms with Crippen LogP contribution in [-0.2, 0) is 0 Å². The number of nitrogens with zero attached hydrogens (tertiary/aromatic N) is 3. The maximum Gasteiger partial charge on any atom is 0.225 e. The lowest BCUT2D eigenvalue weighted by Crippen LogP contribution is -2.27. The number of rotatable bonds is 7. The average molecular weight is 274 g/mol. The van der Waals surface area contributed by atoms with Crippen molar-refractivity contribution >= 4 is 22.7 Å². The fourth-order valence-corrected chi connectivity index (χ4v) is 2.15. The summed E-state index contributed by atoms with van der Waals surface area (Å²) in [6, 6.07) is 7.98. The van der Waals surface area contributed by atoms with Crippen LogP contribution >= 0.6 is 0 Å². The van der Waals surface area contributed by atoms with E-state index in [9.17, 15) is 5.11 Å². The molecule has 0 aliphatic carbocycles. The first kappa shape index (κ1) is 14.5. The highest BCUT2D eigenvalue weighted by molar-refractivity contribution is 5.90. The van der Waals surface area contributed by atoms with Gasteiger partial charge in [0.25, 0.3) is 0 Å². The number of hydrogen-bond acceptors (Lipinski definition) is 5. The normalized spacial score (nSPS) is 10.8. The summed E-state index contributed by atoms with van der Waals surface area (Å²) < 4.78 is 0. The van der Waals surface area contributed by atoms with Gasteiger partial charge in [0, 0.05) is 25.0 Å². The van der Waals surface area contributed by atoms with Crippen LogP contribution in [0.1, 0.15) is 20.3 Å². The molecule has 5 heteroatoms. The van der Waals surface area contributed by atoms with Gasteiger partial charge < -0.3 is 15.3 Å². The molecule has 0 saturated carbocycles. The van der Waals surface area contributed by atoms with Gasteiger partial charge in [0.2, 0.25) is 5.95 Å². The van der Waals surface area contributed by atoms with Crippen molar-refractivity contribution in [3.05, 3.63) is 24.3 Å². The van der Waals surface area contributed by atoms with Crippen molar-refractivity contribution in [2.45, 2.75) is 20.3 Å². The van der Waals surface area contributed by atoms with Gasteiger partial charge in [-0.05, 0) is 25.5 Å². The predicted octanol–water partition coefficient (Wildman–Crippen LogP) is 2.27. The van der Waals surface area contributed by atoms with E-state index in [0.717, 1.165) is 36.2 Å². The molecule has 1 heterocycles. The third-order valence-corrected chi connectivity index (χ3v) is 3.17. The number of nitrogens with one attached hydrogen (secondary N) is 1. The van der Waals surface area contributed by atoms with Gasteiger partial charge in [-0.25, -0.2) is 4.98 Å². The molecule has 0 unspecified atom stereocenters. The van der Waals surface area contributed by atoms with Gasteiger partial charge in [0.1, 0.15) is 5.82 Å². The Hall–Kier alpha value is -1.88. The maximum absolute atomic E-state index is 9.21. The molecule has 0 saturated heterocycles. The molecule has 20 heavy (non-hydrogen) atoms. The maximum atomic E-state index is 9.21. The Morgan fingerprint density at radius 2 is 2.00 bits per heavy atom. The summed E-state index contributed by atoms with van der Waals surface area (Å²) in [7, 11) is 0. The van der Waals surface area contributed by atoms with Gasteiger partial charge in [0.05, 0.1) is 12.1 Å². The van der Waals surface area contributed by atoms with Crippen LogP contribution in [0.2, 0.25) is 0 Å². The largest absolute Gasteiger partial charge is 0.395 e. The minimum absolute atomic E-state index is 0.115. The quantitative estimate of drug-likeness (QED) is 0.811. The van der Waals surface area contributed by atoms with Gasteiger partial charge in [-0.15, -0.1) is 0 Å². The number of hydrogen-bond donors (Lipinski definition) is 2. The molecule has 2 aromatic rings. The van der Waals surface area contributed by atoms with Crippen molar-refractivity contribution in [3.63, 3.8) is 0 Å². The zero-order valence-electron chi connectivity index (χ0n) is 12.1. The number of aliphatic hydroxyl groups excluding tert-OH is 1. The summed E-state index contributed by atoms with van der Waals surface area (Å²) >= 11 is 0. The fourth-order valence-electron chi connectivity index (χ4n) is 2.15. The Labute approximate surface area is 119 Å². The number of fused-ring (bicyclic) bond motifs is 1. The van der Waals surface area contributed by atoms with Crippen molar-refractivity contribution in [2.75, 3.05) is 36.5 Å². The molecule has 0 spiro atoms. The molecule has 108 valence electrons. The highest BCUT2D eigenvalue weighted by atomic mass is 16.3. The molecule has 0 amide bonds. The molecule has 2 rings (SSSR count). The molecular formula is C15H22N4O. The Morgan fingerprint density at radius 3 is 2.70 bits per heavy atom. The van der Waals surface area contributed by atoms with Crippen LogP contribution in [0.25, 0.3) is 10.9 Å². The molecule has 0 aliphatic heterocycles. The van der Waals surface area contributed by atoms with E-state index in [4.69, 9.17) is 0 Å². The van der Waals surface area contributed by atoms with Crippen LogP contribution in [0.5, 0.6) is 0 Å². The molecule has 0 fully saturated rings. The summed E-state index contributed by atoms with van der Waals surface area (Å²) in [6.45, 7) is 6.51. The number of aliphatic hydroxyl groups is 1. The van der Waals surface area contributed by atoms with Gasteiger partial charge in [0.15, 0.2) is 0 Å². The van der Waals surface area contributed by atoms with Crippen molar-refractivity contribution < 1.29 is 5.11 Å². The smallest absolute Gasteiger partial charge is 0.225 e. The van der Waals surface area contributed by atoms with Crippen molar-refractivity contribution in [2.24, 2.45) is 0 Å². The van der Waals surface area contributed by atoms with E-state index in [2.05, 4.69) is 34.0 Å². The molecule has 0 bridgehead atoms. The number of likely N-dealkylation sites (N-methyl/N-ethyl adjacent to an activating group) is 1. The first-order chi connectivity index (χ1) is 9.80. The number of anilines is 2. The van der Waals surface area contributed by atoms with Gasteiger partial charge in [-0.2, -0.15) is 4.98 Å². The van der Waals surface area contributed by atoms with E-state index >= 15 is 0 Å². The Bertz CT molecular complexity index is 559. The van der Waals surface area contributed by atoms with Gasteiger partial charge >= 0.3 is 0 Å². The lowest BCUT2D eigenvalue weighted by molar-refractivity contribution is 0.302. The summed E-state index contributed by atoms with van der Waals surface area (Å²) in [4.78, 5) is 11.2. The van der Waals surface area contributed by atoms with Crippen LogP contribution in [0.4, 0.5) is 11.8 Å². The summed E-state index contributed by atoms with van der Waals surface area (Å²) in [6.07, 6.45) is 1.03. The van der Waals surface area contributed by atoms with E-state index in [0.29, 0.717) is 12.5 Å². The number of para-hydroxylation sites is 1. The zero-order valence-corrected chi connectivity index (χ0v) is 12.1. The SMILES string of the molecule is CCCNc1nc(N(CC)CCO)c2ccccc2n1. The summed E-state index contributed by atoms with van der Waals surface area (Å²) in [5, 5.41) is 13.5. The number of aromatic nitrogens is 2. The Balaban J connectivity index is 2.47. The third kappa shape index (κ3) is 3.17. The lowest BCUT2D eigenvalue weighted by Gasteiger charge is -2.23. The average Bonchev–Trinajstić information content (AvgIpc) is 2.50. The van der Waals surface area contributed by atoms with Crippen LogP contribution in [0.3, 0.4) is 0 Å². The van der Waals surface area contributed by atoms with Crippen LogP contribution in [0, 0.1) is 0 Å². The van der Waals surface area contributed by atoms with Gasteiger partial charge in [-0.3, -0.25) is 0 Å². The monoisotopic (exact) mass is 274 g/mol. The minimum atomic E-state index is 0.115. The van der Waals surface area contributed by atoms with E-state index in [-0.39, 0.29) is 6.61 Å². The van der Waals surface area contributed by atoms with Crippen molar-refractivity contribution in [1.82, 2.24) is 9.97 Å². The second-order valence-corrected chi connectivity index (χ2v) is 4.62. The molecule has 2 N–H and O–H groups in total. The standard InChI is InChI=1S/C15H22N4O/c1-3-9-16-15-17-13-8-6-5-7-12(13)14(18-15)19(4-2)10-11-20/h5-8,20H,3-4,9-11H2,1-2H3,(H,16,17,18). The first-order valence-electron chi connectivity index (χ1n) is 7.16. The second-order valence-electron chi connectivity index (χ2n) is 4.62. The van der Waals surface area contributed by atoms with Crippen molar-refractivity contribution in [3.8, 4) is 0 Å². The molecule has 0 aliphatic rings. The third-order valence-electron chi connectivity index (χ3n) is 3.17. The molecule has 5 nitrogen and oxygen atoms in total. The first-order valence-corrected chi connectivity index (χ1v) is 7.16. The number of benzene rings is 1. The molecule has 1 aromatic carbocycles. The summed E-state index contributed by atoms with van der Waals surface area (Å²) in [5.74, 6) is 1.53. The van der Waals surface area contributed by atoms with E-state index in [1.807, 2.05) is 24.3 Å². The predicted molar refractivity (Wildman–Crippen MR) is 83.3 cm³/mol. The highest BCUT2D eigenvalue weighted by Crippen LogP contribution is 2.25. The Morgan fingerprint density at radius 1 is 1.20 bits per heavy atom. The second kappa shape index (κ2) is 7.05. The van der Waals surface area contributed by atoms with Crippen LogP contribution in [0.15, 0.2) is 24.3 Å². The Kier molecular flexibility index (Phi) is 5.12. The van der Waals surface area contributed by atoms with E-state index in [1.165, 1.54) is 0 Å².